The number of fused-ring (bicyclic) bond motifs is 1. The Balaban J connectivity index is 1.72. The molecule has 7 nitrogen and oxygen atoms in total. The number of hydrogen-bond donors (Lipinski definition) is 1. The van der Waals surface area contributed by atoms with Gasteiger partial charge in [-0.1, -0.05) is 29.5 Å². The summed E-state index contributed by atoms with van der Waals surface area (Å²) in [4.78, 5) is 22.0. The van der Waals surface area contributed by atoms with Crippen LogP contribution >= 0.6 is 11.8 Å². The molecule has 1 saturated carbocycles. The average Bonchev–Trinajstić information content (AvgIpc) is 3.51. The molecule has 1 aromatic carbocycles. The van der Waals surface area contributed by atoms with Gasteiger partial charge in [-0.05, 0) is 54.3 Å². The number of nitrogens with two attached hydrogens (primary N) is 1. The Kier molecular flexibility index (Phi) is 5.25. The molecule has 10 heteroatoms. The van der Waals surface area contributed by atoms with Crippen molar-refractivity contribution in [2.45, 2.75) is 23.6 Å². The van der Waals surface area contributed by atoms with Crippen LogP contribution in [-0.4, -0.2) is 45.0 Å². The van der Waals surface area contributed by atoms with Gasteiger partial charge in [0.1, 0.15) is 16.3 Å². The third kappa shape index (κ3) is 3.52. The first kappa shape index (κ1) is 21.9. The molecule has 2 aliphatic rings. The summed E-state index contributed by atoms with van der Waals surface area (Å²) in [6.45, 7) is 8.65. The van der Waals surface area contributed by atoms with Gasteiger partial charge < -0.3 is 15.5 Å². The van der Waals surface area contributed by atoms with Crippen molar-refractivity contribution in [2.24, 2.45) is 16.6 Å². The molecular formula is C22H20F2N6OS. The van der Waals surface area contributed by atoms with Crippen LogP contribution in [0, 0.1) is 18.3 Å². The molecule has 0 bridgehead atoms. The van der Waals surface area contributed by atoms with Gasteiger partial charge in [-0.15, -0.1) is 0 Å². The second-order valence-electron chi connectivity index (χ2n) is 8.17. The van der Waals surface area contributed by atoms with Crippen LogP contribution in [0.2, 0.25) is 0 Å². The van der Waals surface area contributed by atoms with Crippen molar-refractivity contribution >= 4 is 40.6 Å². The number of aliphatic imine (C=N–C) groups is 1. The number of amidine groups is 1. The second kappa shape index (κ2) is 7.67. The van der Waals surface area contributed by atoms with Gasteiger partial charge in [0.2, 0.25) is 5.91 Å². The molecule has 1 aliphatic heterocycles. The van der Waals surface area contributed by atoms with E-state index in [4.69, 9.17) is 12.3 Å². The zero-order chi connectivity index (χ0) is 23.3. The van der Waals surface area contributed by atoms with E-state index in [2.05, 4.69) is 20.0 Å². The predicted octanol–water partition coefficient (Wildman–Crippen LogP) is 3.76. The molecular weight excluding hydrogens is 434 g/mol. The number of thioether (sulfide) groups is 1. The number of aromatic nitrogens is 2. The molecule has 1 fully saturated rings. The lowest BCUT2D eigenvalue weighted by atomic mass is 9.84. The molecule has 1 amide bonds. The zero-order valence-corrected chi connectivity index (χ0v) is 18.5. The molecule has 1 aliphatic carbocycles. The maximum atomic E-state index is 15.0. The largest absolute Gasteiger partial charge is 0.378 e. The van der Waals surface area contributed by atoms with Gasteiger partial charge in [0, 0.05) is 25.6 Å². The molecule has 0 saturated heterocycles. The van der Waals surface area contributed by atoms with E-state index in [0.717, 1.165) is 0 Å². The molecule has 4 rings (SSSR count). The van der Waals surface area contributed by atoms with Gasteiger partial charge in [-0.2, -0.15) is 0 Å². The van der Waals surface area contributed by atoms with Crippen LogP contribution in [0.1, 0.15) is 30.2 Å². The quantitative estimate of drug-likeness (QED) is 0.711. The maximum Gasteiger partial charge on any atom is 0.296 e. The second-order valence-corrected chi connectivity index (χ2v) is 9.52. The first-order chi connectivity index (χ1) is 15.1. The van der Waals surface area contributed by atoms with E-state index in [1.165, 1.54) is 53.1 Å². The fourth-order valence-electron chi connectivity index (χ4n) is 4.19. The first-order valence-corrected chi connectivity index (χ1v) is 10.6. The Morgan fingerprint density at radius 1 is 1.34 bits per heavy atom. The lowest BCUT2D eigenvalue weighted by molar-refractivity contribution is -0.129. The zero-order valence-electron chi connectivity index (χ0n) is 17.6. The molecule has 2 aromatic rings. The van der Waals surface area contributed by atoms with Crippen molar-refractivity contribution in [3.63, 3.8) is 0 Å². The van der Waals surface area contributed by atoms with E-state index in [1.807, 2.05) is 0 Å². The molecule has 32 heavy (non-hydrogen) atoms. The molecule has 2 N–H and O–H groups in total. The van der Waals surface area contributed by atoms with Gasteiger partial charge in [0.15, 0.2) is 11.0 Å². The topological polar surface area (TPSA) is 88.8 Å². The molecule has 2 heterocycles. The summed E-state index contributed by atoms with van der Waals surface area (Å²) in [5.74, 6) is -1.45. The van der Waals surface area contributed by atoms with Crippen molar-refractivity contribution in [2.75, 3.05) is 14.1 Å². The Bertz CT molecular complexity index is 1210. The summed E-state index contributed by atoms with van der Waals surface area (Å²) in [5, 5.41) is 7.54. The van der Waals surface area contributed by atoms with Crippen LogP contribution in [0.25, 0.3) is 16.7 Å². The number of carbonyl (C=O) groups is 1. The normalized spacial score (nSPS) is 26.6. The third-order valence-electron chi connectivity index (χ3n) is 5.82. The van der Waals surface area contributed by atoms with Gasteiger partial charge >= 0.3 is 0 Å². The van der Waals surface area contributed by atoms with E-state index < -0.39 is 21.9 Å². The summed E-state index contributed by atoms with van der Waals surface area (Å²) in [5.41, 5.74) is 5.60. The summed E-state index contributed by atoms with van der Waals surface area (Å²) in [6, 6.07) is 6.93. The Hall–Kier alpha value is -3.32. The highest BCUT2D eigenvalue weighted by Crippen LogP contribution is 2.66. The van der Waals surface area contributed by atoms with Crippen LogP contribution in [0.5, 0.6) is 0 Å². The van der Waals surface area contributed by atoms with Gasteiger partial charge in [0.05, 0.1) is 5.54 Å². The molecule has 164 valence electrons. The minimum atomic E-state index is -1.07. The summed E-state index contributed by atoms with van der Waals surface area (Å²) < 4.78 is 28.9. The third-order valence-corrected chi connectivity index (χ3v) is 7.12. The fraction of sp³-hybridized carbons (Fsp3) is 0.318. The molecule has 1 aromatic heterocycles. The van der Waals surface area contributed by atoms with Crippen LogP contribution in [-0.2, 0) is 10.3 Å². The summed E-state index contributed by atoms with van der Waals surface area (Å²) in [6.07, 6.45) is 1.73. The number of rotatable bonds is 4. The fourth-order valence-corrected chi connectivity index (χ4v) is 5.69. The van der Waals surface area contributed by atoms with Crippen LogP contribution in [0.4, 0.5) is 14.6 Å². The standard InChI is InChI=1S/C22H20F2N6OS/c1-21(17-11-22(17,19(31)30(3)4)32-20(25)27-21)13-9-12(5-6-14(13)23)10-15(24)16-7-8-18(26-2)29-28-16/h5-10,17H,11H2,1,3-4H3,(H2,25,27)/b15-10-/t17-,21+,22?/m0/s1. The highest BCUT2D eigenvalue weighted by molar-refractivity contribution is 8.15. The van der Waals surface area contributed by atoms with E-state index in [0.29, 0.717) is 12.0 Å². The Labute approximate surface area is 188 Å². The highest BCUT2D eigenvalue weighted by atomic mass is 32.2. The van der Waals surface area contributed by atoms with Crippen LogP contribution in [0.15, 0.2) is 35.3 Å². The van der Waals surface area contributed by atoms with Gasteiger partial charge in [-0.25, -0.2) is 8.78 Å². The maximum absolute atomic E-state index is 15.0. The molecule has 0 radical (unpaired) electrons. The van der Waals surface area contributed by atoms with Crippen molar-refractivity contribution < 1.29 is 13.6 Å². The van der Waals surface area contributed by atoms with E-state index in [9.17, 15) is 13.6 Å². The minimum Gasteiger partial charge on any atom is -0.378 e. The lowest BCUT2D eigenvalue weighted by Gasteiger charge is -2.34. The average molecular weight is 455 g/mol. The van der Waals surface area contributed by atoms with Crippen molar-refractivity contribution in [3.8, 4) is 0 Å². The van der Waals surface area contributed by atoms with Gasteiger partial charge in [0.25, 0.3) is 5.82 Å². The van der Waals surface area contributed by atoms with Crippen LogP contribution < -0.4 is 5.73 Å². The van der Waals surface area contributed by atoms with E-state index >= 15 is 0 Å². The van der Waals surface area contributed by atoms with Crippen molar-refractivity contribution in [3.05, 3.63) is 64.4 Å². The van der Waals surface area contributed by atoms with E-state index in [-0.39, 0.29) is 34.1 Å². The molecule has 0 spiro atoms. The number of nitrogens with zero attached hydrogens (tertiary/aromatic N) is 5. The summed E-state index contributed by atoms with van der Waals surface area (Å²) >= 11 is 1.22. The number of amides is 1. The number of hydrogen-bond acceptors (Lipinski definition) is 6. The Morgan fingerprint density at radius 2 is 2.09 bits per heavy atom. The number of halogens is 2. The van der Waals surface area contributed by atoms with E-state index in [1.54, 1.807) is 21.0 Å². The smallest absolute Gasteiger partial charge is 0.296 e. The minimum absolute atomic E-state index is 0.0383. The van der Waals surface area contributed by atoms with Crippen LogP contribution in [0.3, 0.4) is 0 Å². The number of carbonyl (C=O) groups excluding carboxylic acids is 1. The number of benzene rings is 1. The molecule has 1 unspecified atom stereocenters. The summed E-state index contributed by atoms with van der Waals surface area (Å²) in [7, 11) is 3.35. The van der Waals surface area contributed by atoms with Gasteiger partial charge in [-0.3, -0.25) is 9.79 Å². The lowest BCUT2D eigenvalue weighted by Crippen LogP contribution is -2.43. The predicted molar refractivity (Wildman–Crippen MR) is 120 cm³/mol. The van der Waals surface area contributed by atoms with Crippen molar-refractivity contribution in [1.82, 2.24) is 15.1 Å². The molecule has 3 atom stereocenters. The SMILES string of the molecule is [C-]#[N+]c1ccc(/C(F)=C/c2ccc(F)c([C@@]3(C)N=C(N)SC4(C(=O)N(C)C)C[C@H]43)c2)nn1. The monoisotopic (exact) mass is 454 g/mol. The van der Waals surface area contributed by atoms with Crippen molar-refractivity contribution in [1.29, 1.82) is 0 Å². The highest BCUT2D eigenvalue weighted by Gasteiger charge is 2.71. The Morgan fingerprint density at radius 3 is 2.72 bits per heavy atom. The first-order valence-electron chi connectivity index (χ1n) is 9.75.